The molecule has 19 heavy (non-hydrogen) atoms. The van der Waals surface area contributed by atoms with Crippen LogP contribution >= 0.6 is 11.6 Å². The molecule has 2 rings (SSSR count). The number of hydrogen-bond donors (Lipinski definition) is 0. The summed E-state index contributed by atoms with van der Waals surface area (Å²) in [5, 5.41) is 0.657. The number of halogens is 1. The van der Waals surface area contributed by atoms with Crippen LogP contribution in [0.15, 0.2) is 29.1 Å². The predicted octanol–water partition coefficient (Wildman–Crippen LogP) is 3.67. The molecule has 0 radical (unpaired) electrons. The third kappa shape index (κ3) is 2.27. The summed E-state index contributed by atoms with van der Waals surface area (Å²) in [6.45, 7) is 6.26. The first kappa shape index (κ1) is 14.1. The highest BCUT2D eigenvalue weighted by molar-refractivity contribution is 6.16. The molecule has 1 aromatic heterocycles. The van der Waals surface area contributed by atoms with Gasteiger partial charge < -0.3 is 0 Å². The van der Waals surface area contributed by atoms with E-state index in [4.69, 9.17) is 11.6 Å². The van der Waals surface area contributed by atoms with Gasteiger partial charge in [0.25, 0.3) is 5.56 Å². The van der Waals surface area contributed by atoms with Gasteiger partial charge in [-0.2, -0.15) is 0 Å². The summed E-state index contributed by atoms with van der Waals surface area (Å²) < 4.78 is 1.78. The predicted molar refractivity (Wildman–Crippen MR) is 79.8 cm³/mol. The lowest BCUT2D eigenvalue weighted by Crippen LogP contribution is -2.40. The lowest BCUT2D eigenvalue weighted by atomic mass is 9.94. The highest BCUT2D eigenvalue weighted by Gasteiger charge is 2.27. The maximum Gasteiger partial charge on any atom is 0.261 e. The minimum Gasteiger partial charge on any atom is -0.289 e. The first-order chi connectivity index (χ1) is 9.07. The topological polar surface area (TPSA) is 34.9 Å². The molecule has 0 saturated carbocycles. The van der Waals surface area contributed by atoms with Crippen LogP contribution in [0.3, 0.4) is 0 Å². The minimum absolute atomic E-state index is 0.00690. The van der Waals surface area contributed by atoms with Crippen molar-refractivity contribution < 1.29 is 0 Å². The van der Waals surface area contributed by atoms with E-state index < -0.39 is 0 Å². The normalized spacial score (nSPS) is 12.0. The number of fused-ring (bicyclic) bond motifs is 1. The molecule has 4 heteroatoms. The molecule has 3 nitrogen and oxygen atoms in total. The van der Waals surface area contributed by atoms with E-state index in [0.717, 1.165) is 12.8 Å². The smallest absolute Gasteiger partial charge is 0.261 e. The fourth-order valence-electron chi connectivity index (χ4n) is 2.39. The number of para-hydroxylation sites is 1. The van der Waals surface area contributed by atoms with Crippen molar-refractivity contribution in [2.75, 3.05) is 0 Å². The van der Waals surface area contributed by atoms with Gasteiger partial charge in [0, 0.05) is 5.54 Å². The molecule has 0 aliphatic carbocycles. The standard InChI is InChI=1S/C15H19ClN2O/c1-4-15(3,5-2)18-13(10-16)17-12-9-7-6-8-11(12)14(18)19/h6-9H,4-5,10H2,1-3H3. The Bertz CT molecular complexity index is 644. The monoisotopic (exact) mass is 278 g/mol. The van der Waals surface area contributed by atoms with Gasteiger partial charge in [0.2, 0.25) is 0 Å². The van der Waals surface area contributed by atoms with Crippen LogP contribution in [0.25, 0.3) is 10.9 Å². The summed E-state index contributed by atoms with van der Waals surface area (Å²) in [5.41, 5.74) is 0.486. The maximum atomic E-state index is 12.7. The van der Waals surface area contributed by atoms with Gasteiger partial charge >= 0.3 is 0 Å². The molecule has 0 atom stereocenters. The lowest BCUT2D eigenvalue weighted by molar-refractivity contribution is 0.277. The van der Waals surface area contributed by atoms with Gasteiger partial charge in [0.1, 0.15) is 5.82 Å². The van der Waals surface area contributed by atoms with Gasteiger partial charge in [-0.25, -0.2) is 4.98 Å². The van der Waals surface area contributed by atoms with Gasteiger partial charge in [-0.1, -0.05) is 26.0 Å². The molecule has 0 amide bonds. The summed E-state index contributed by atoms with van der Waals surface area (Å²) in [6, 6.07) is 7.43. The van der Waals surface area contributed by atoms with E-state index in [2.05, 4.69) is 25.8 Å². The summed E-state index contributed by atoms with van der Waals surface area (Å²) in [5.74, 6) is 0.895. The molecular weight excluding hydrogens is 260 g/mol. The van der Waals surface area contributed by atoms with Crippen molar-refractivity contribution in [2.45, 2.75) is 45.0 Å². The van der Waals surface area contributed by atoms with Crippen LogP contribution in [-0.4, -0.2) is 9.55 Å². The second-order valence-electron chi connectivity index (χ2n) is 5.02. The van der Waals surface area contributed by atoms with Crippen molar-refractivity contribution in [3.05, 3.63) is 40.4 Å². The van der Waals surface area contributed by atoms with Crippen LogP contribution in [0.1, 0.15) is 39.4 Å². The largest absolute Gasteiger partial charge is 0.289 e. The second-order valence-corrected chi connectivity index (χ2v) is 5.29. The summed E-state index contributed by atoms with van der Waals surface area (Å²) in [7, 11) is 0. The van der Waals surface area contributed by atoms with Crippen LogP contribution in [0.4, 0.5) is 0 Å². The zero-order chi connectivity index (χ0) is 14.0. The zero-order valence-electron chi connectivity index (χ0n) is 11.6. The van der Waals surface area contributed by atoms with Crippen LogP contribution in [-0.2, 0) is 11.4 Å². The van der Waals surface area contributed by atoms with Crippen molar-refractivity contribution >= 4 is 22.5 Å². The Morgan fingerprint density at radius 1 is 1.26 bits per heavy atom. The molecule has 0 saturated heterocycles. The summed E-state index contributed by atoms with van der Waals surface area (Å²) in [4.78, 5) is 17.3. The Kier molecular flexibility index (Phi) is 3.95. The van der Waals surface area contributed by atoms with E-state index in [-0.39, 0.29) is 17.0 Å². The van der Waals surface area contributed by atoms with E-state index >= 15 is 0 Å². The lowest BCUT2D eigenvalue weighted by Gasteiger charge is -2.31. The minimum atomic E-state index is -0.238. The van der Waals surface area contributed by atoms with E-state index in [1.165, 1.54) is 0 Å². The fraction of sp³-hybridized carbons (Fsp3) is 0.467. The molecule has 0 unspecified atom stereocenters. The van der Waals surface area contributed by atoms with Crippen LogP contribution in [0.2, 0.25) is 0 Å². The third-order valence-corrected chi connectivity index (χ3v) is 4.27. The molecular formula is C15H19ClN2O. The molecule has 0 N–H and O–H groups in total. The van der Waals surface area contributed by atoms with Crippen molar-refractivity contribution in [3.8, 4) is 0 Å². The van der Waals surface area contributed by atoms with Crippen molar-refractivity contribution in [2.24, 2.45) is 0 Å². The molecule has 1 aromatic carbocycles. The molecule has 0 fully saturated rings. The SMILES string of the molecule is CCC(C)(CC)n1c(CCl)nc2ccccc2c1=O. The van der Waals surface area contributed by atoms with Crippen LogP contribution in [0.5, 0.6) is 0 Å². The van der Waals surface area contributed by atoms with Crippen molar-refractivity contribution in [1.82, 2.24) is 9.55 Å². The first-order valence-corrected chi connectivity index (χ1v) is 7.18. The Morgan fingerprint density at radius 3 is 2.47 bits per heavy atom. The van der Waals surface area contributed by atoms with Gasteiger partial charge in [-0.05, 0) is 31.9 Å². The zero-order valence-corrected chi connectivity index (χ0v) is 12.4. The number of hydrogen-bond acceptors (Lipinski definition) is 2. The number of aromatic nitrogens is 2. The van der Waals surface area contributed by atoms with Gasteiger partial charge in [-0.3, -0.25) is 9.36 Å². The van der Waals surface area contributed by atoms with Crippen molar-refractivity contribution in [3.63, 3.8) is 0 Å². The van der Waals surface area contributed by atoms with Gasteiger partial charge in [-0.15, -0.1) is 11.6 Å². The highest BCUT2D eigenvalue weighted by atomic mass is 35.5. The average Bonchev–Trinajstić information content (AvgIpc) is 2.46. The molecule has 0 aliphatic heterocycles. The Balaban J connectivity index is 2.86. The second kappa shape index (κ2) is 5.33. The molecule has 0 spiro atoms. The molecule has 102 valence electrons. The number of benzene rings is 1. The molecule has 2 aromatic rings. The van der Waals surface area contributed by atoms with E-state index in [0.29, 0.717) is 16.7 Å². The van der Waals surface area contributed by atoms with E-state index in [1.807, 2.05) is 24.3 Å². The van der Waals surface area contributed by atoms with Crippen LogP contribution in [0, 0.1) is 0 Å². The number of nitrogens with zero attached hydrogens (tertiary/aromatic N) is 2. The quantitative estimate of drug-likeness (QED) is 0.800. The number of alkyl halides is 1. The highest BCUT2D eigenvalue weighted by Crippen LogP contribution is 2.25. The molecule has 1 heterocycles. The molecule has 0 aliphatic rings. The van der Waals surface area contributed by atoms with Crippen molar-refractivity contribution in [1.29, 1.82) is 0 Å². The first-order valence-electron chi connectivity index (χ1n) is 6.64. The van der Waals surface area contributed by atoms with Gasteiger partial charge in [0.05, 0.1) is 16.8 Å². The maximum absolute atomic E-state index is 12.7. The Morgan fingerprint density at radius 2 is 1.89 bits per heavy atom. The van der Waals surface area contributed by atoms with Crippen LogP contribution < -0.4 is 5.56 Å². The number of rotatable bonds is 4. The average molecular weight is 279 g/mol. The summed E-state index contributed by atoms with van der Waals surface area (Å²) in [6.07, 6.45) is 1.74. The fourth-order valence-corrected chi connectivity index (χ4v) is 2.57. The Labute approximate surface area is 118 Å². The third-order valence-electron chi connectivity index (χ3n) is 4.03. The Hall–Kier alpha value is -1.35. The van der Waals surface area contributed by atoms with E-state index in [9.17, 15) is 4.79 Å². The molecule has 0 bridgehead atoms. The summed E-state index contributed by atoms with van der Waals surface area (Å²) >= 11 is 6.00. The van der Waals surface area contributed by atoms with E-state index in [1.54, 1.807) is 4.57 Å². The van der Waals surface area contributed by atoms with Gasteiger partial charge in [0.15, 0.2) is 0 Å².